The van der Waals surface area contributed by atoms with Gasteiger partial charge in [0.15, 0.2) is 0 Å². The number of aryl methyl sites for hydroxylation is 2. The normalized spacial score (nSPS) is 29.7. The average molecular weight is 547 g/mol. The van der Waals surface area contributed by atoms with Crippen molar-refractivity contribution in [2.45, 2.75) is 35.9 Å². The van der Waals surface area contributed by atoms with E-state index in [9.17, 15) is 10.2 Å². The maximum absolute atomic E-state index is 12.2. The van der Waals surface area contributed by atoms with Crippen LogP contribution in [-0.2, 0) is 24.0 Å². The van der Waals surface area contributed by atoms with Gasteiger partial charge < -0.3 is 10.2 Å². The predicted molar refractivity (Wildman–Crippen MR) is 168 cm³/mol. The van der Waals surface area contributed by atoms with Crippen molar-refractivity contribution < 1.29 is 10.2 Å². The van der Waals surface area contributed by atoms with Crippen LogP contribution in [0.1, 0.15) is 56.3 Å². The summed E-state index contributed by atoms with van der Waals surface area (Å²) in [7, 11) is 0. The molecule has 6 atom stereocenters. The first-order valence-corrected chi connectivity index (χ1v) is 15.1. The van der Waals surface area contributed by atoms with Gasteiger partial charge in [-0.3, -0.25) is 0 Å². The summed E-state index contributed by atoms with van der Waals surface area (Å²) in [5.41, 5.74) is 6.80. The molecule has 0 aliphatic heterocycles. The molecule has 4 aromatic carbocycles. The van der Waals surface area contributed by atoms with E-state index in [1.165, 1.54) is 22.3 Å². The first-order chi connectivity index (χ1) is 20.6. The molecule has 206 valence electrons. The molecule has 0 saturated heterocycles. The molecule has 2 nitrogen and oxygen atoms in total. The molecule has 4 aromatic rings. The largest absolute Gasteiger partial charge is 0.380 e. The molecule has 4 aliphatic rings. The fraction of sp³-hybridized carbons (Fsp3) is 0.200. The smallest absolute Gasteiger partial charge is 0.122 e. The summed E-state index contributed by atoms with van der Waals surface area (Å²) in [5, 5.41) is 24.3. The van der Waals surface area contributed by atoms with Crippen molar-refractivity contribution in [3.63, 3.8) is 0 Å². The summed E-state index contributed by atoms with van der Waals surface area (Å²) < 4.78 is 0. The molecule has 0 bridgehead atoms. The lowest BCUT2D eigenvalue weighted by Gasteiger charge is -2.33. The van der Waals surface area contributed by atoms with Gasteiger partial charge in [0, 0.05) is 23.7 Å². The Hall–Kier alpha value is -4.24. The number of hydrogen-bond acceptors (Lipinski definition) is 2. The van der Waals surface area contributed by atoms with Crippen LogP contribution in [0.15, 0.2) is 146 Å². The highest BCUT2D eigenvalue weighted by Crippen LogP contribution is 2.56. The minimum atomic E-state index is -1.03. The topological polar surface area (TPSA) is 40.5 Å². The van der Waals surface area contributed by atoms with E-state index in [0.717, 1.165) is 35.1 Å². The van der Waals surface area contributed by atoms with Crippen molar-refractivity contribution >= 4 is 0 Å². The van der Waals surface area contributed by atoms with Gasteiger partial charge in [0.1, 0.15) is 11.2 Å². The fourth-order valence-corrected chi connectivity index (χ4v) is 8.07. The van der Waals surface area contributed by atoms with Crippen LogP contribution in [0.3, 0.4) is 0 Å². The van der Waals surface area contributed by atoms with E-state index in [1.54, 1.807) is 0 Å². The van der Waals surface area contributed by atoms with E-state index >= 15 is 0 Å². The molecule has 0 radical (unpaired) electrons. The van der Waals surface area contributed by atoms with Gasteiger partial charge >= 0.3 is 0 Å². The number of allylic oxidation sites excluding steroid dienone is 6. The number of aliphatic hydroxyl groups is 2. The van der Waals surface area contributed by atoms with E-state index in [2.05, 4.69) is 134 Å². The average Bonchev–Trinajstić information content (AvgIpc) is 3.48. The molecule has 2 heteroatoms. The standard InChI is InChI=1S/C40H34O2/c41-39(35-13-5-1-9-31(35)32-10-2-6-14-36(32)39)29-23-19-27(20-24-29)17-18-28-21-25-30(26-22-28)40(42)37-15-7-3-11-33(37)34-12-4-8-16-38(34)40/h1-16,19-26,31,33,35,37,41-42H,17-18H2. The monoisotopic (exact) mass is 546 g/mol. The molecule has 0 aromatic heterocycles. The minimum Gasteiger partial charge on any atom is -0.380 e. The van der Waals surface area contributed by atoms with Crippen molar-refractivity contribution in [2.24, 2.45) is 11.8 Å². The van der Waals surface area contributed by atoms with Gasteiger partial charge in [-0.2, -0.15) is 0 Å². The Bertz CT molecular complexity index is 1640. The molecule has 42 heavy (non-hydrogen) atoms. The van der Waals surface area contributed by atoms with Crippen molar-refractivity contribution in [1.82, 2.24) is 0 Å². The lowest BCUT2D eigenvalue weighted by atomic mass is 9.76. The summed E-state index contributed by atoms with van der Waals surface area (Å²) in [4.78, 5) is 0. The third kappa shape index (κ3) is 3.65. The third-order valence-electron chi connectivity index (χ3n) is 10.2. The van der Waals surface area contributed by atoms with Crippen molar-refractivity contribution in [2.75, 3.05) is 0 Å². The van der Waals surface area contributed by atoms with Crippen LogP contribution >= 0.6 is 0 Å². The highest BCUT2D eigenvalue weighted by atomic mass is 16.3. The zero-order chi connectivity index (χ0) is 28.3. The maximum atomic E-state index is 12.2. The first kappa shape index (κ1) is 25.5. The van der Waals surface area contributed by atoms with Gasteiger partial charge in [0.05, 0.1) is 0 Å². The van der Waals surface area contributed by atoms with Gasteiger partial charge in [-0.25, -0.2) is 0 Å². The molecule has 0 fully saturated rings. The third-order valence-corrected chi connectivity index (χ3v) is 10.2. The zero-order valence-corrected chi connectivity index (χ0v) is 23.5. The highest BCUT2D eigenvalue weighted by molar-refractivity contribution is 5.55. The second-order valence-electron chi connectivity index (χ2n) is 12.2. The quantitative estimate of drug-likeness (QED) is 0.270. The summed E-state index contributed by atoms with van der Waals surface area (Å²) in [6.45, 7) is 0. The Morgan fingerprint density at radius 2 is 0.833 bits per heavy atom. The number of rotatable bonds is 5. The molecule has 6 unspecified atom stereocenters. The van der Waals surface area contributed by atoms with Crippen LogP contribution in [0.4, 0.5) is 0 Å². The summed E-state index contributed by atoms with van der Waals surface area (Å²) >= 11 is 0. The number of hydrogen-bond donors (Lipinski definition) is 2. The van der Waals surface area contributed by atoms with Crippen molar-refractivity contribution in [3.8, 4) is 0 Å². The van der Waals surface area contributed by atoms with Crippen LogP contribution in [0.2, 0.25) is 0 Å². The lowest BCUT2D eigenvalue weighted by Crippen LogP contribution is -2.33. The molecule has 0 amide bonds. The Balaban J connectivity index is 1.01. The van der Waals surface area contributed by atoms with Crippen LogP contribution < -0.4 is 0 Å². The summed E-state index contributed by atoms with van der Waals surface area (Å²) in [6, 6.07) is 33.8. The molecular formula is C40H34O2. The van der Waals surface area contributed by atoms with E-state index < -0.39 is 11.2 Å². The van der Waals surface area contributed by atoms with Crippen LogP contribution in [0.5, 0.6) is 0 Å². The summed E-state index contributed by atoms with van der Waals surface area (Å²) in [6.07, 6.45) is 18.9. The van der Waals surface area contributed by atoms with Crippen LogP contribution in [-0.4, -0.2) is 10.2 Å². The Morgan fingerprint density at radius 3 is 1.26 bits per heavy atom. The Kier molecular flexibility index (Phi) is 5.86. The van der Waals surface area contributed by atoms with E-state index in [-0.39, 0.29) is 23.7 Å². The van der Waals surface area contributed by atoms with Gasteiger partial charge in [-0.05, 0) is 57.3 Å². The maximum Gasteiger partial charge on any atom is 0.122 e. The summed E-state index contributed by atoms with van der Waals surface area (Å²) in [5.74, 6) is 0.403. The zero-order valence-electron chi connectivity index (χ0n) is 23.5. The number of benzene rings is 4. The van der Waals surface area contributed by atoms with Crippen LogP contribution in [0.25, 0.3) is 0 Å². The predicted octanol–water partition coefficient (Wildman–Crippen LogP) is 7.62. The Labute approximate surface area is 247 Å². The molecule has 0 saturated carbocycles. The molecular weight excluding hydrogens is 512 g/mol. The van der Waals surface area contributed by atoms with Gasteiger partial charge in [0.25, 0.3) is 0 Å². The molecule has 4 aliphatic carbocycles. The molecule has 2 N–H and O–H groups in total. The molecule has 0 spiro atoms. The lowest BCUT2D eigenvalue weighted by molar-refractivity contribution is 0.0449. The van der Waals surface area contributed by atoms with Crippen molar-refractivity contribution in [3.05, 3.63) is 190 Å². The second-order valence-corrected chi connectivity index (χ2v) is 12.2. The highest BCUT2D eigenvalue weighted by Gasteiger charge is 2.51. The van der Waals surface area contributed by atoms with Gasteiger partial charge in [-0.1, -0.05) is 146 Å². The van der Waals surface area contributed by atoms with Crippen LogP contribution in [0, 0.1) is 11.8 Å². The van der Waals surface area contributed by atoms with Gasteiger partial charge in [0.2, 0.25) is 0 Å². The number of fused-ring (bicyclic) bond motifs is 6. The second kappa shape index (κ2) is 9.66. The SMILES string of the molecule is OC1(c2ccc(CCc3ccc(C4(O)c5ccccc5C5C=CC=CC54)cc3)cc2)c2ccccc2C2C=CC=CC21. The van der Waals surface area contributed by atoms with E-state index in [4.69, 9.17) is 0 Å². The van der Waals surface area contributed by atoms with Gasteiger partial charge in [-0.15, -0.1) is 0 Å². The van der Waals surface area contributed by atoms with Crippen molar-refractivity contribution in [1.29, 1.82) is 0 Å². The Morgan fingerprint density at radius 1 is 0.452 bits per heavy atom. The minimum absolute atomic E-state index is 0.00122. The molecule has 8 rings (SSSR count). The van der Waals surface area contributed by atoms with E-state index in [1.807, 2.05) is 12.1 Å². The fourth-order valence-electron chi connectivity index (χ4n) is 8.07. The molecule has 0 heterocycles. The first-order valence-electron chi connectivity index (χ1n) is 15.1. The van der Waals surface area contributed by atoms with E-state index in [0.29, 0.717) is 0 Å².